The molecule has 0 bridgehead atoms. The van der Waals surface area contributed by atoms with Crippen molar-refractivity contribution in [3.63, 3.8) is 0 Å². The summed E-state index contributed by atoms with van der Waals surface area (Å²) in [5.74, 6) is 0. The van der Waals surface area contributed by atoms with Crippen LogP contribution in [0.25, 0.3) is 0 Å². The van der Waals surface area contributed by atoms with Crippen LogP contribution in [0.1, 0.15) is 13.8 Å². The van der Waals surface area contributed by atoms with Crippen molar-refractivity contribution in [1.82, 2.24) is 5.32 Å². The fourth-order valence-electron chi connectivity index (χ4n) is 0.642. The first-order valence-corrected chi connectivity index (χ1v) is 5.33. The van der Waals surface area contributed by atoms with Crippen LogP contribution in [0.3, 0.4) is 0 Å². The minimum absolute atomic E-state index is 0. The molecule has 1 nitrogen and oxygen atoms in total. The number of nitrogens with one attached hydrogen (secondary N) is 1. The molecule has 1 N–H and O–H groups in total. The van der Waals surface area contributed by atoms with Gasteiger partial charge in [-0.1, -0.05) is 13.8 Å². The van der Waals surface area contributed by atoms with Crippen LogP contribution in [-0.2, 0) is 17.1 Å². The van der Waals surface area contributed by atoms with E-state index in [1.165, 1.54) is 0 Å². The maximum absolute atomic E-state index is 2.75. The van der Waals surface area contributed by atoms with Crippen LogP contribution >= 0.6 is 0 Å². The van der Waals surface area contributed by atoms with E-state index in [2.05, 4.69) is 5.32 Å². The zero-order chi connectivity index (χ0) is 11.8. The van der Waals surface area contributed by atoms with E-state index >= 15 is 0 Å². The van der Waals surface area contributed by atoms with Crippen molar-refractivity contribution in [2.75, 3.05) is 14.1 Å². The normalized spacial score (nSPS) is 6.50. The molecule has 2 aromatic rings. The number of hydrogen-bond donors (Lipinski definition) is 1. The third kappa shape index (κ3) is 23.2. The summed E-state index contributed by atoms with van der Waals surface area (Å²) in [6, 6.07) is 20.0. The fraction of sp³-hybridized carbons (Fsp3) is 0.286. The van der Waals surface area contributed by atoms with Crippen LogP contribution in [0.5, 0.6) is 0 Å². The first kappa shape index (κ1) is 20.6. The van der Waals surface area contributed by atoms with Crippen molar-refractivity contribution in [3.05, 3.63) is 60.7 Å². The maximum atomic E-state index is 2.75. The van der Waals surface area contributed by atoms with Gasteiger partial charge < -0.3 is 35.6 Å². The minimum Gasteiger partial charge on any atom is -0.748 e. The quantitative estimate of drug-likeness (QED) is 0.563. The molecular weight excluding hydrogens is 238 g/mol. The molecule has 0 saturated heterocycles. The summed E-state index contributed by atoms with van der Waals surface area (Å²) in [5.41, 5.74) is 0. The number of rotatable bonds is 0. The molecule has 0 aliphatic heterocycles. The van der Waals surface area contributed by atoms with Gasteiger partial charge in [0.25, 0.3) is 0 Å². The molecule has 0 spiro atoms. The zero-order valence-corrected chi connectivity index (χ0v) is 11.7. The molecule has 98 valence electrons. The van der Waals surface area contributed by atoms with Crippen LogP contribution in [-0.4, -0.2) is 14.1 Å². The summed E-state index contributed by atoms with van der Waals surface area (Å²) < 4.78 is 0. The Morgan fingerprint density at radius 1 is 0.750 bits per heavy atom. The molecule has 0 amide bonds. The predicted molar refractivity (Wildman–Crippen MR) is 70.4 cm³/mol. The van der Waals surface area contributed by atoms with Gasteiger partial charge in [0.1, 0.15) is 0 Å². The van der Waals surface area contributed by atoms with E-state index in [9.17, 15) is 0 Å². The largest absolute Gasteiger partial charge is 0.748 e. The first-order chi connectivity index (χ1) is 7.41. The summed E-state index contributed by atoms with van der Waals surface area (Å²) in [5, 5.41) is 2.75. The summed E-state index contributed by atoms with van der Waals surface area (Å²) in [6.07, 6.45) is 0. The van der Waals surface area contributed by atoms with Gasteiger partial charge in [0.05, 0.1) is 0 Å². The van der Waals surface area contributed by atoms with Gasteiger partial charge in [-0.3, -0.25) is 0 Å². The van der Waals surface area contributed by atoms with Gasteiger partial charge in [-0.15, -0.1) is 0 Å². The first-order valence-electron chi connectivity index (χ1n) is 5.33. The predicted octanol–water partition coefficient (Wildman–Crippen LogP) is 3.67. The molecule has 0 saturated carbocycles. The van der Waals surface area contributed by atoms with Crippen molar-refractivity contribution >= 4 is 0 Å². The summed E-state index contributed by atoms with van der Waals surface area (Å²) in [7, 11) is 3.75. The van der Waals surface area contributed by atoms with Crippen LogP contribution in [0, 0.1) is 0 Å². The van der Waals surface area contributed by atoms with Crippen molar-refractivity contribution in [2.45, 2.75) is 13.8 Å². The molecule has 0 fully saturated rings. The SMILES string of the molecule is CC.CNC.[Fe].[cH-]1[cH-][cH-][cH-][cH-]1.c1cc[cH-]c1. The monoisotopic (exact) mass is 261 g/mol. The maximum Gasteiger partial charge on any atom is 0 e. The molecular formula is C14H23FeN-6. The summed E-state index contributed by atoms with van der Waals surface area (Å²) in [6.45, 7) is 4.00. The Labute approximate surface area is 111 Å². The van der Waals surface area contributed by atoms with Gasteiger partial charge in [0, 0.05) is 17.1 Å². The second-order valence-corrected chi connectivity index (χ2v) is 2.42. The molecule has 0 unspecified atom stereocenters. The molecule has 0 aliphatic carbocycles. The van der Waals surface area contributed by atoms with E-state index in [0.717, 1.165) is 0 Å². The molecule has 2 heteroatoms. The van der Waals surface area contributed by atoms with Crippen molar-refractivity contribution in [1.29, 1.82) is 0 Å². The Balaban J connectivity index is -0.000000147. The molecule has 0 aliphatic rings. The minimum atomic E-state index is 0. The molecule has 2 aromatic carbocycles. The fourth-order valence-corrected chi connectivity index (χ4v) is 0.642. The van der Waals surface area contributed by atoms with Crippen molar-refractivity contribution in [3.8, 4) is 0 Å². The standard InChI is InChI=1S/2C5H5.C2H7N.C2H6.Fe/c2*1-2-4-5-3-1;1-3-2;1-2;/h2*1-5H;3H,1-2H3;1-2H3;/q-5;-1;;;. The van der Waals surface area contributed by atoms with Crippen molar-refractivity contribution < 1.29 is 17.1 Å². The van der Waals surface area contributed by atoms with Crippen LogP contribution in [0.4, 0.5) is 0 Å². The van der Waals surface area contributed by atoms with E-state index < -0.39 is 0 Å². The van der Waals surface area contributed by atoms with E-state index in [1.54, 1.807) is 0 Å². The molecule has 2 rings (SSSR count). The average Bonchev–Trinajstić information content (AvgIpc) is 3.01. The third-order valence-electron chi connectivity index (χ3n) is 1.11. The second kappa shape index (κ2) is 23.8. The molecule has 0 atom stereocenters. The molecule has 16 heavy (non-hydrogen) atoms. The van der Waals surface area contributed by atoms with Gasteiger partial charge in [-0.2, -0.15) is 18.2 Å². The Morgan fingerprint density at radius 3 is 1.12 bits per heavy atom. The summed E-state index contributed by atoms with van der Waals surface area (Å²) >= 11 is 0. The van der Waals surface area contributed by atoms with Crippen LogP contribution < -0.4 is 5.32 Å². The van der Waals surface area contributed by atoms with E-state index in [-0.39, 0.29) is 17.1 Å². The molecule has 0 aromatic heterocycles. The third-order valence-corrected chi connectivity index (χ3v) is 1.11. The van der Waals surface area contributed by atoms with Crippen LogP contribution in [0.2, 0.25) is 0 Å². The van der Waals surface area contributed by atoms with Crippen LogP contribution in [0.15, 0.2) is 60.7 Å². The Kier molecular flexibility index (Phi) is 30.6. The van der Waals surface area contributed by atoms with Gasteiger partial charge >= 0.3 is 0 Å². The topological polar surface area (TPSA) is 12.0 Å². The van der Waals surface area contributed by atoms with Gasteiger partial charge in [0.2, 0.25) is 0 Å². The average molecular weight is 261 g/mol. The van der Waals surface area contributed by atoms with Gasteiger partial charge in [-0.25, -0.2) is 12.1 Å². The zero-order valence-electron chi connectivity index (χ0n) is 10.6. The Bertz CT molecular complexity index is 162. The molecule has 0 radical (unpaired) electrons. The second-order valence-electron chi connectivity index (χ2n) is 2.42. The number of hydrogen-bond acceptors (Lipinski definition) is 1. The van der Waals surface area contributed by atoms with Gasteiger partial charge in [0.15, 0.2) is 0 Å². The van der Waals surface area contributed by atoms with Crippen molar-refractivity contribution in [2.24, 2.45) is 0 Å². The van der Waals surface area contributed by atoms with Gasteiger partial charge in [-0.05, 0) is 14.1 Å². The Morgan fingerprint density at radius 2 is 1.00 bits per heavy atom. The molecule has 0 heterocycles. The smallest absolute Gasteiger partial charge is 0 e. The summed E-state index contributed by atoms with van der Waals surface area (Å²) in [4.78, 5) is 0. The van der Waals surface area contributed by atoms with E-state index in [0.29, 0.717) is 0 Å². The van der Waals surface area contributed by atoms with E-state index in [4.69, 9.17) is 0 Å². The van der Waals surface area contributed by atoms with E-state index in [1.807, 2.05) is 88.6 Å². The Hall–Kier alpha value is -0.821.